The highest BCUT2D eigenvalue weighted by atomic mass is 14.0. The molecule has 0 spiro atoms. The van der Waals surface area contributed by atoms with Crippen LogP contribution >= 0.6 is 0 Å². The third-order valence-electron chi connectivity index (χ3n) is 3.37. The number of aryl methyl sites for hydroxylation is 2. The Kier molecular flexibility index (Phi) is 8.02. The molecule has 104 valence electrons. The lowest BCUT2D eigenvalue weighted by molar-refractivity contribution is 0.750. The molecule has 0 aromatic heterocycles. The molecule has 0 nitrogen and oxygen atoms in total. The molecule has 19 heavy (non-hydrogen) atoms. The minimum Gasteiger partial charge on any atom is -0.126 e. The topological polar surface area (TPSA) is 0 Å². The van der Waals surface area contributed by atoms with Gasteiger partial charge in [-0.15, -0.1) is 5.73 Å². The number of hydrogen-bond acceptors (Lipinski definition) is 0. The Balaban J connectivity index is 2.59. The van der Waals surface area contributed by atoms with Crippen LogP contribution in [0.2, 0.25) is 0 Å². The fraction of sp³-hybridized carbons (Fsp3) is 0.526. The first kappa shape index (κ1) is 15.8. The molecule has 0 saturated heterocycles. The molecule has 0 unspecified atom stereocenters. The van der Waals surface area contributed by atoms with Crippen LogP contribution in [0.15, 0.2) is 41.6 Å². The summed E-state index contributed by atoms with van der Waals surface area (Å²) in [7, 11) is 0. The SMILES string of the molecule is CCCC=C=C(CCCC)CCc1cccc(C)c1. The average Bonchev–Trinajstić information content (AvgIpc) is 2.41. The van der Waals surface area contributed by atoms with Crippen LogP contribution < -0.4 is 0 Å². The molecule has 0 radical (unpaired) electrons. The van der Waals surface area contributed by atoms with Crippen molar-refractivity contribution >= 4 is 0 Å². The maximum atomic E-state index is 3.53. The molecule has 0 bridgehead atoms. The molecule has 0 aliphatic carbocycles. The van der Waals surface area contributed by atoms with Crippen LogP contribution in [0.1, 0.15) is 63.5 Å². The Morgan fingerprint density at radius 3 is 2.68 bits per heavy atom. The summed E-state index contributed by atoms with van der Waals surface area (Å²) in [5.74, 6) is 0. The zero-order chi connectivity index (χ0) is 13.9. The van der Waals surface area contributed by atoms with E-state index in [-0.39, 0.29) is 0 Å². The van der Waals surface area contributed by atoms with E-state index in [2.05, 4.69) is 56.8 Å². The summed E-state index contributed by atoms with van der Waals surface area (Å²) in [6.07, 6.45) is 10.7. The van der Waals surface area contributed by atoms with Crippen LogP contribution in [0.4, 0.5) is 0 Å². The van der Waals surface area contributed by atoms with Crippen molar-refractivity contribution in [1.29, 1.82) is 0 Å². The first-order valence-corrected chi connectivity index (χ1v) is 7.74. The van der Waals surface area contributed by atoms with Crippen LogP contribution in [0.25, 0.3) is 0 Å². The summed E-state index contributed by atoms with van der Waals surface area (Å²) >= 11 is 0. The molecule has 0 heteroatoms. The summed E-state index contributed by atoms with van der Waals surface area (Å²) in [5, 5.41) is 0. The number of rotatable bonds is 8. The molecular formula is C19H28. The van der Waals surface area contributed by atoms with Crippen molar-refractivity contribution in [3.05, 3.63) is 52.8 Å². The molecule has 0 fully saturated rings. The molecule has 0 N–H and O–H groups in total. The normalized spacial score (nSPS) is 10.1. The standard InChI is InChI=1S/C19H28/c1-4-6-8-12-18(11-7-5-2)14-15-19-13-9-10-17(3)16-19/h8-10,13,16H,4-7,11,14-15H2,1-3H3. The smallest absolute Gasteiger partial charge is 0.0203 e. The molecule has 0 saturated carbocycles. The van der Waals surface area contributed by atoms with Crippen molar-refractivity contribution in [1.82, 2.24) is 0 Å². The zero-order valence-electron chi connectivity index (χ0n) is 12.8. The van der Waals surface area contributed by atoms with Gasteiger partial charge in [-0.3, -0.25) is 0 Å². The largest absolute Gasteiger partial charge is 0.126 e. The molecule has 0 aliphatic rings. The molecule has 0 amide bonds. The Labute approximate surface area is 119 Å². The quantitative estimate of drug-likeness (QED) is 0.500. The van der Waals surface area contributed by atoms with E-state index >= 15 is 0 Å². The molecule has 0 heterocycles. The summed E-state index contributed by atoms with van der Waals surface area (Å²) in [4.78, 5) is 0. The predicted molar refractivity (Wildman–Crippen MR) is 85.5 cm³/mol. The van der Waals surface area contributed by atoms with Crippen molar-refractivity contribution in [3.8, 4) is 0 Å². The molecule has 0 aliphatic heterocycles. The lowest BCUT2D eigenvalue weighted by atomic mass is 10.00. The second-order valence-corrected chi connectivity index (χ2v) is 5.33. The van der Waals surface area contributed by atoms with E-state index in [0.29, 0.717) is 0 Å². The highest BCUT2D eigenvalue weighted by Gasteiger charge is 1.99. The average molecular weight is 256 g/mol. The van der Waals surface area contributed by atoms with Crippen molar-refractivity contribution in [2.45, 2.75) is 65.7 Å². The molecule has 0 atom stereocenters. The second-order valence-electron chi connectivity index (χ2n) is 5.33. The van der Waals surface area contributed by atoms with Gasteiger partial charge < -0.3 is 0 Å². The highest BCUT2D eigenvalue weighted by Crippen LogP contribution is 2.15. The lowest BCUT2D eigenvalue weighted by Crippen LogP contribution is -1.90. The zero-order valence-corrected chi connectivity index (χ0v) is 12.8. The van der Waals surface area contributed by atoms with Gasteiger partial charge in [-0.2, -0.15) is 0 Å². The van der Waals surface area contributed by atoms with E-state index in [4.69, 9.17) is 0 Å². The fourth-order valence-electron chi connectivity index (χ4n) is 2.18. The van der Waals surface area contributed by atoms with Crippen LogP contribution in [0, 0.1) is 6.92 Å². The maximum Gasteiger partial charge on any atom is -0.0203 e. The van der Waals surface area contributed by atoms with Crippen LogP contribution in [0.3, 0.4) is 0 Å². The van der Waals surface area contributed by atoms with Crippen LogP contribution in [0.5, 0.6) is 0 Å². The van der Waals surface area contributed by atoms with Gasteiger partial charge in [0.25, 0.3) is 0 Å². The summed E-state index contributed by atoms with van der Waals surface area (Å²) in [5.41, 5.74) is 7.84. The van der Waals surface area contributed by atoms with Crippen LogP contribution in [-0.2, 0) is 6.42 Å². The van der Waals surface area contributed by atoms with Crippen molar-refractivity contribution in [2.75, 3.05) is 0 Å². The van der Waals surface area contributed by atoms with E-state index in [9.17, 15) is 0 Å². The third-order valence-corrected chi connectivity index (χ3v) is 3.37. The Morgan fingerprint density at radius 2 is 2.00 bits per heavy atom. The molecule has 1 rings (SSSR count). The Morgan fingerprint density at radius 1 is 1.16 bits per heavy atom. The van der Waals surface area contributed by atoms with E-state index in [1.54, 1.807) is 0 Å². The van der Waals surface area contributed by atoms with Gasteiger partial charge in [0.1, 0.15) is 0 Å². The fourth-order valence-corrected chi connectivity index (χ4v) is 2.18. The van der Waals surface area contributed by atoms with E-state index in [1.807, 2.05) is 0 Å². The Bertz CT molecular complexity index is 419. The van der Waals surface area contributed by atoms with E-state index in [0.717, 1.165) is 19.3 Å². The number of benzene rings is 1. The van der Waals surface area contributed by atoms with Gasteiger partial charge in [-0.25, -0.2) is 0 Å². The van der Waals surface area contributed by atoms with Gasteiger partial charge in [0.15, 0.2) is 0 Å². The molecule has 1 aromatic carbocycles. The Hall–Kier alpha value is -1.26. The van der Waals surface area contributed by atoms with Gasteiger partial charge in [0.05, 0.1) is 0 Å². The van der Waals surface area contributed by atoms with E-state index < -0.39 is 0 Å². The van der Waals surface area contributed by atoms with Gasteiger partial charge >= 0.3 is 0 Å². The van der Waals surface area contributed by atoms with Crippen molar-refractivity contribution in [2.24, 2.45) is 0 Å². The summed E-state index contributed by atoms with van der Waals surface area (Å²) in [6.45, 7) is 6.64. The van der Waals surface area contributed by atoms with Crippen molar-refractivity contribution in [3.63, 3.8) is 0 Å². The third kappa shape index (κ3) is 7.03. The second kappa shape index (κ2) is 9.64. The number of unbranched alkanes of at least 4 members (excludes halogenated alkanes) is 2. The van der Waals surface area contributed by atoms with Gasteiger partial charge in [-0.1, -0.05) is 56.5 Å². The lowest BCUT2D eigenvalue weighted by Gasteiger charge is -2.05. The monoisotopic (exact) mass is 256 g/mol. The van der Waals surface area contributed by atoms with Gasteiger partial charge in [0, 0.05) is 0 Å². The number of allylic oxidation sites excluding steroid dienone is 1. The van der Waals surface area contributed by atoms with Gasteiger partial charge in [0.2, 0.25) is 0 Å². The first-order chi connectivity index (χ1) is 9.26. The first-order valence-electron chi connectivity index (χ1n) is 7.74. The van der Waals surface area contributed by atoms with Gasteiger partial charge in [-0.05, 0) is 56.2 Å². The summed E-state index contributed by atoms with van der Waals surface area (Å²) < 4.78 is 0. The highest BCUT2D eigenvalue weighted by molar-refractivity contribution is 5.23. The van der Waals surface area contributed by atoms with Crippen LogP contribution in [-0.4, -0.2) is 0 Å². The minimum absolute atomic E-state index is 1.15. The minimum atomic E-state index is 1.15. The van der Waals surface area contributed by atoms with Crippen molar-refractivity contribution < 1.29 is 0 Å². The van der Waals surface area contributed by atoms with E-state index in [1.165, 1.54) is 42.4 Å². The molecule has 1 aromatic rings. The maximum absolute atomic E-state index is 3.53. The summed E-state index contributed by atoms with van der Waals surface area (Å²) in [6, 6.07) is 8.86. The predicted octanol–water partition coefficient (Wildman–Crippen LogP) is 6.00. The molecular weight excluding hydrogens is 228 g/mol. The number of hydrogen-bond donors (Lipinski definition) is 0.